The molecule has 1 atom stereocenters. The van der Waals surface area contributed by atoms with Gasteiger partial charge in [0.05, 0.1) is 16.8 Å². The molecule has 9 nitrogen and oxygen atoms in total. The average molecular weight is 526 g/mol. The molecule has 0 aliphatic heterocycles. The lowest BCUT2D eigenvalue weighted by Gasteiger charge is -2.19. The third kappa shape index (κ3) is 7.33. The van der Waals surface area contributed by atoms with Gasteiger partial charge in [0.15, 0.2) is 5.82 Å². The number of hydrogen-bond acceptors (Lipinski definition) is 5. The monoisotopic (exact) mass is 525 g/mol. The van der Waals surface area contributed by atoms with Gasteiger partial charge in [0.1, 0.15) is 5.75 Å². The third-order valence-electron chi connectivity index (χ3n) is 5.64. The van der Waals surface area contributed by atoms with E-state index < -0.39 is 6.04 Å². The van der Waals surface area contributed by atoms with Crippen LogP contribution in [0.5, 0.6) is 5.75 Å². The summed E-state index contributed by atoms with van der Waals surface area (Å²) in [7, 11) is 3.11. The minimum absolute atomic E-state index is 0.0460. The first kappa shape index (κ1) is 27.7. The SMILES string of the molecule is CNC(=O)C[C@H](Cc1ccc(-c2nc(C(=O)NC)[nH]c2C)cc1)NC(=O)c1ccc(OC(C)C)c(Cl)c1. The molecule has 0 unspecified atom stereocenters. The van der Waals surface area contributed by atoms with Gasteiger partial charge in [0, 0.05) is 43.4 Å². The van der Waals surface area contributed by atoms with Gasteiger partial charge in [-0.2, -0.15) is 0 Å². The van der Waals surface area contributed by atoms with Gasteiger partial charge in [0.2, 0.25) is 5.91 Å². The molecular formula is C27H32ClN5O4. The van der Waals surface area contributed by atoms with Crippen LogP contribution in [0.25, 0.3) is 11.3 Å². The van der Waals surface area contributed by atoms with Gasteiger partial charge in [-0.15, -0.1) is 0 Å². The molecule has 37 heavy (non-hydrogen) atoms. The highest BCUT2D eigenvalue weighted by Gasteiger charge is 2.19. The maximum atomic E-state index is 13.0. The molecule has 0 aliphatic rings. The Morgan fingerprint density at radius 3 is 2.32 bits per heavy atom. The number of rotatable bonds is 10. The molecule has 10 heteroatoms. The fraction of sp³-hybridized carbons (Fsp3) is 0.333. The molecule has 4 N–H and O–H groups in total. The molecule has 0 radical (unpaired) electrons. The van der Waals surface area contributed by atoms with Gasteiger partial charge in [-0.25, -0.2) is 4.98 Å². The number of aryl methyl sites for hydroxylation is 1. The molecule has 0 spiro atoms. The largest absolute Gasteiger partial charge is 0.489 e. The topological polar surface area (TPSA) is 125 Å². The molecular weight excluding hydrogens is 494 g/mol. The summed E-state index contributed by atoms with van der Waals surface area (Å²) in [6, 6.07) is 12.0. The number of H-pyrrole nitrogens is 1. The van der Waals surface area contributed by atoms with Crippen molar-refractivity contribution in [2.45, 2.75) is 45.8 Å². The quantitative estimate of drug-likeness (QED) is 0.321. The highest BCUT2D eigenvalue weighted by atomic mass is 35.5. The van der Waals surface area contributed by atoms with Crippen LogP contribution >= 0.6 is 11.6 Å². The summed E-state index contributed by atoms with van der Waals surface area (Å²) in [5.41, 5.74) is 3.61. The Morgan fingerprint density at radius 2 is 1.73 bits per heavy atom. The minimum Gasteiger partial charge on any atom is -0.489 e. The van der Waals surface area contributed by atoms with E-state index in [-0.39, 0.29) is 36.1 Å². The summed E-state index contributed by atoms with van der Waals surface area (Å²) < 4.78 is 5.63. The van der Waals surface area contributed by atoms with Gasteiger partial charge in [-0.05, 0) is 51.0 Å². The van der Waals surface area contributed by atoms with Crippen LogP contribution in [-0.2, 0) is 11.2 Å². The minimum atomic E-state index is -0.448. The number of hydrogen-bond donors (Lipinski definition) is 4. The molecule has 0 saturated heterocycles. The maximum Gasteiger partial charge on any atom is 0.286 e. The van der Waals surface area contributed by atoms with Crippen LogP contribution in [0.4, 0.5) is 0 Å². The molecule has 1 aromatic heterocycles. The van der Waals surface area contributed by atoms with Gasteiger partial charge < -0.3 is 25.7 Å². The van der Waals surface area contributed by atoms with E-state index in [9.17, 15) is 14.4 Å². The highest BCUT2D eigenvalue weighted by molar-refractivity contribution is 6.32. The van der Waals surface area contributed by atoms with Crippen molar-refractivity contribution in [2.24, 2.45) is 0 Å². The average Bonchev–Trinajstić information content (AvgIpc) is 3.26. The number of imidazole rings is 1. The van der Waals surface area contributed by atoms with Gasteiger partial charge in [-0.3, -0.25) is 14.4 Å². The molecule has 196 valence electrons. The van der Waals surface area contributed by atoms with Crippen LogP contribution in [0.1, 0.15) is 52.5 Å². The predicted octanol–water partition coefficient (Wildman–Crippen LogP) is 3.66. The molecule has 3 amide bonds. The first-order valence-electron chi connectivity index (χ1n) is 12.0. The zero-order valence-electron chi connectivity index (χ0n) is 21.6. The molecule has 0 bridgehead atoms. The summed E-state index contributed by atoms with van der Waals surface area (Å²) in [6.07, 6.45) is 0.501. The number of aromatic amines is 1. The Hall–Kier alpha value is -3.85. The van der Waals surface area contributed by atoms with Crippen LogP contribution < -0.4 is 20.7 Å². The highest BCUT2D eigenvalue weighted by Crippen LogP contribution is 2.27. The molecule has 3 rings (SSSR count). The number of aromatic nitrogens is 2. The Balaban J connectivity index is 1.75. The number of benzene rings is 2. The fourth-order valence-electron chi connectivity index (χ4n) is 3.81. The van der Waals surface area contributed by atoms with Crippen LogP contribution in [0.2, 0.25) is 5.02 Å². The second-order valence-electron chi connectivity index (χ2n) is 8.90. The van der Waals surface area contributed by atoms with Crippen LogP contribution in [0.15, 0.2) is 42.5 Å². The van der Waals surface area contributed by atoms with Crippen molar-refractivity contribution >= 4 is 29.3 Å². The number of nitrogens with zero attached hydrogens (tertiary/aromatic N) is 1. The van der Waals surface area contributed by atoms with Crippen molar-refractivity contribution in [3.8, 4) is 17.0 Å². The fourth-order valence-corrected chi connectivity index (χ4v) is 4.04. The van der Waals surface area contributed by atoms with E-state index in [4.69, 9.17) is 16.3 Å². The number of ether oxygens (including phenoxy) is 1. The number of nitrogens with one attached hydrogen (secondary N) is 4. The normalized spacial score (nSPS) is 11.6. The van der Waals surface area contributed by atoms with Crippen molar-refractivity contribution in [3.63, 3.8) is 0 Å². The summed E-state index contributed by atoms with van der Waals surface area (Å²) >= 11 is 6.30. The lowest BCUT2D eigenvalue weighted by molar-refractivity contribution is -0.121. The van der Waals surface area contributed by atoms with E-state index in [2.05, 4.69) is 25.9 Å². The van der Waals surface area contributed by atoms with E-state index >= 15 is 0 Å². The van der Waals surface area contributed by atoms with E-state index in [1.54, 1.807) is 32.3 Å². The summed E-state index contributed by atoms with van der Waals surface area (Å²) in [4.78, 5) is 44.4. The van der Waals surface area contributed by atoms with E-state index in [0.29, 0.717) is 28.5 Å². The zero-order chi connectivity index (χ0) is 27.1. The van der Waals surface area contributed by atoms with Crippen molar-refractivity contribution in [1.29, 1.82) is 0 Å². The van der Waals surface area contributed by atoms with Crippen molar-refractivity contribution in [2.75, 3.05) is 14.1 Å². The summed E-state index contributed by atoms with van der Waals surface area (Å²) in [5.74, 6) is -0.0600. The Morgan fingerprint density at radius 1 is 1.03 bits per heavy atom. The van der Waals surface area contributed by atoms with E-state index in [0.717, 1.165) is 16.8 Å². The van der Waals surface area contributed by atoms with Gasteiger partial charge in [-0.1, -0.05) is 35.9 Å². The Labute approximate surface area is 221 Å². The number of carbonyl (C=O) groups excluding carboxylic acids is 3. The molecule has 0 aliphatic carbocycles. The molecule has 0 saturated carbocycles. The Kier molecular flexibility index (Phi) is 9.30. The summed E-state index contributed by atoms with van der Waals surface area (Å²) in [6.45, 7) is 5.64. The smallest absolute Gasteiger partial charge is 0.286 e. The second kappa shape index (κ2) is 12.4. The first-order chi connectivity index (χ1) is 17.6. The van der Waals surface area contributed by atoms with E-state index in [1.807, 2.05) is 45.0 Å². The van der Waals surface area contributed by atoms with E-state index in [1.165, 1.54) is 0 Å². The number of amides is 3. The second-order valence-corrected chi connectivity index (χ2v) is 9.31. The molecule has 2 aromatic carbocycles. The third-order valence-corrected chi connectivity index (χ3v) is 5.93. The maximum absolute atomic E-state index is 13.0. The number of carbonyl (C=O) groups is 3. The van der Waals surface area contributed by atoms with Crippen LogP contribution in [0.3, 0.4) is 0 Å². The van der Waals surface area contributed by atoms with Crippen LogP contribution in [-0.4, -0.2) is 53.9 Å². The van der Waals surface area contributed by atoms with Crippen molar-refractivity contribution in [1.82, 2.24) is 25.9 Å². The standard InChI is InChI=1S/C27H32ClN5O4/c1-15(2)37-22-11-10-19(13-21(22)28)26(35)32-20(14-23(34)29-4)12-17-6-8-18(9-7-17)24-16(3)31-25(33-24)27(36)30-5/h6-11,13,15,20H,12,14H2,1-5H3,(H,29,34)(H,30,36)(H,31,33)(H,32,35)/t20-/m0/s1. The lowest BCUT2D eigenvalue weighted by atomic mass is 10.00. The predicted molar refractivity (Wildman–Crippen MR) is 143 cm³/mol. The molecule has 0 fully saturated rings. The zero-order valence-corrected chi connectivity index (χ0v) is 22.3. The lowest BCUT2D eigenvalue weighted by Crippen LogP contribution is -2.40. The van der Waals surface area contributed by atoms with Crippen molar-refractivity contribution < 1.29 is 19.1 Å². The molecule has 1 heterocycles. The summed E-state index contributed by atoms with van der Waals surface area (Å²) in [5, 5.41) is 8.45. The first-order valence-corrected chi connectivity index (χ1v) is 12.3. The Bertz CT molecular complexity index is 1270. The van der Waals surface area contributed by atoms with Crippen LogP contribution in [0, 0.1) is 6.92 Å². The number of halogens is 1. The van der Waals surface area contributed by atoms with Crippen molar-refractivity contribution in [3.05, 3.63) is 70.1 Å². The van der Waals surface area contributed by atoms with Gasteiger partial charge in [0.25, 0.3) is 11.8 Å². The van der Waals surface area contributed by atoms with Gasteiger partial charge >= 0.3 is 0 Å². The molecule has 3 aromatic rings.